The number of methoxy groups -OCH3 is 1. The molecule has 0 aromatic heterocycles. The minimum Gasteiger partial charge on any atom is -0.398 e. The molecule has 0 aliphatic rings. The van der Waals surface area contributed by atoms with Crippen LogP contribution >= 0.6 is 0 Å². The molecule has 1 rings (SSSR count). The predicted octanol–water partition coefficient (Wildman–Crippen LogP) is 1.94. The Kier molecular flexibility index (Phi) is 4.97. The van der Waals surface area contributed by atoms with Crippen LogP contribution in [0, 0.1) is 0 Å². The molecular formula is C13H20N2O2. The van der Waals surface area contributed by atoms with Gasteiger partial charge in [-0.1, -0.05) is 0 Å². The minimum atomic E-state index is -0.00362. The second-order valence-corrected chi connectivity index (χ2v) is 4.10. The standard InChI is InChI=1S/C13H20N2O2/c1-10(16)12-6-5-11(9-13(12)14)15(2)7-4-8-17-3/h5-6,9H,4,7-8,14H2,1-3H3. The average molecular weight is 236 g/mol. The van der Waals surface area contributed by atoms with Crippen LogP contribution in [0.4, 0.5) is 11.4 Å². The fraction of sp³-hybridized carbons (Fsp3) is 0.462. The van der Waals surface area contributed by atoms with E-state index in [0.717, 1.165) is 25.3 Å². The Morgan fingerprint density at radius 1 is 1.47 bits per heavy atom. The average Bonchev–Trinajstić information content (AvgIpc) is 2.28. The summed E-state index contributed by atoms with van der Waals surface area (Å²) in [4.78, 5) is 13.3. The molecule has 17 heavy (non-hydrogen) atoms. The van der Waals surface area contributed by atoms with Gasteiger partial charge in [-0.3, -0.25) is 4.79 Å². The Bertz CT molecular complexity index is 391. The summed E-state index contributed by atoms with van der Waals surface area (Å²) in [5, 5.41) is 0. The van der Waals surface area contributed by atoms with Crippen molar-refractivity contribution in [2.75, 3.05) is 37.9 Å². The Morgan fingerprint density at radius 3 is 2.71 bits per heavy atom. The highest BCUT2D eigenvalue weighted by atomic mass is 16.5. The number of nitrogens with zero attached hydrogens (tertiary/aromatic N) is 1. The molecule has 0 saturated heterocycles. The molecule has 4 nitrogen and oxygen atoms in total. The summed E-state index contributed by atoms with van der Waals surface area (Å²) in [6, 6.07) is 5.53. The summed E-state index contributed by atoms with van der Waals surface area (Å²) in [6.45, 7) is 3.16. The van der Waals surface area contributed by atoms with Gasteiger partial charge in [-0.2, -0.15) is 0 Å². The van der Waals surface area contributed by atoms with Crippen LogP contribution in [-0.2, 0) is 4.74 Å². The zero-order chi connectivity index (χ0) is 12.8. The van der Waals surface area contributed by atoms with Crippen molar-refractivity contribution >= 4 is 17.2 Å². The molecule has 2 N–H and O–H groups in total. The largest absolute Gasteiger partial charge is 0.398 e. The second kappa shape index (κ2) is 6.25. The number of hydrogen-bond acceptors (Lipinski definition) is 4. The van der Waals surface area contributed by atoms with Crippen LogP contribution in [0.2, 0.25) is 0 Å². The van der Waals surface area contributed by atoms with Gasteiger partial charge in [0.1, 0.15) is 0 Å². The maximum absolute atomic E-state index is 11.2. The molecule has 0 radical (unpaired) electrons. The van der Waals surface area contributed by atoms with Crippen molar-refractivity contribution in [3.63, 3.8) is 0 Å². The van der Waals surface area contributed by atoms with Crippen LogP contribution in [0.5, 0.6) is 0 Å². The summed E-state index contributed by atoms with van der Waals surface area (Å²) in [6.07, 6.45) is 0.960. The highest BCUT2D eigenvalue weighted by Crippen LogP contribution is 2.21. The summed E-state index contributed by atoms with van der Waals surface area (Å²) in [7, 11) is 3.69. The topological polar surface area (TPSA) is 55.6 Å². The number of carbonyl (C=O) groups excluding carboxylic acids is 1. The first-order valence-electron chi connectivity index (χ1n) is 5.66. The number of hydrogen-bond donors (Lipinski definition) is 1. The lowest BCUT2D eigenvalue weighted by Crippen LogP contribution is -2.20. The first-order valence-corrected chi connectivity index (χ1v) is 5.66. The van der Waals surface area contributed by atoms with Gasteiger partial charge >= 0.3 is 0 Å². The third-order valence-corrected chi connectivity index (χ3v) is 2.70. The number of Topliss-reactive ketones (excluding diaryl/α,β-unsaturated/α-hetero) is 1. The summed E-state index contributed by atoms with van der Waals surface area (Å²) < 4.78 is 5.01. The molecule has 1 aromatic rings. The van der Waals surface area contributed by atoms with Crippen LogP contribution in [0.15, 0.2) is 18.2 Å². The van der Waals surface area contributed by atoms with E-state index in [1.165, 1.54) is 6.92 Å². The molecule has 0 aliphatic carbocycles. The molecule has 0 saturated carbocycles. The van der Waals surface area contributed by atoms with Crippen molar-refractivity contribution in [2.45, 2.75) is 13.3 Å². The second-order valence-electron chi connectivity index (χ2n) is 4.10. The third kappa shape index (κ3) is 3.75. The van der Waals surface area contributed by atoms with Crippen LogP contribution in [-0.4, -0.2) is 33.1 Å². The SMILES string of the molecule is COCCCN(C)c1ccc(C(C)=O)c(N)c1. The number of ether oxygens (including phenoxy) is 1. The third-order valence-electron chi connectivity index (χ3n) is 2.70. The molecule has 0 fully saturated rings. The van der Waals surface area contributed by atoms with E-state index in [2.05, 4.69) is 4.90 Å². The van der Waals surface area contributed by atoms with Gasteiger partial charge in [0.15, 0.2) is 5.78 Å². The Morgan fingerprint density at radius 2 is 2.18 bits per heavy atom. The maximum atomic E-state index is 11.2. The van der Waals surface area contributed by atoms with Gasteiger partial charge in [-0.15, -0.1) is 0 Å². The van der Waals surface area contributed by atoms with Gasteiger partial charge < -0.3 is 15.4 Å². The molecule has 0 aliphatic heterocycles. The normalized spacial score (nSPS) is 10.3. The zero-order valence-electron chi connectivity index (χ0n) is 10.7. The Hall–Kier alpha value is -1.55. The summed E-state index contributed by atoms with van der Waals surface area (Å²) >= 11 is 0. The van der Waals surface area contributed by atoms with Crippen molar-refractivity contribution in [3.8, 4) is 0 Å². The number of ketones is 1. The molecule has 0 bridgehead atoms. The summed E-state index contributed by atoms with van der Waals surface area (Å²) in [5.74, 6) is -0.00362. The fourth-order valence-electron chi connectivity index (χ4n) is 1.68. The van der Waals surface area contributed by atoms with Crippen molar-refractivity contribution in [2.24, 2.45) is 0 Å². The molecule has 4 heteroatoms. The smallest absolute Gasteiger partial charge is 0.161 e. The van der Waals surface area contributed by atoms with Crippen molar-refractivity contribution in [1.29, 1.82) is 0 Å². The Balaban J connectivity index is 2.72. The fourth-order valence-corrected chi connectivity index (χ4v) is 1.68. The molecule has 0 unspecified atom stereocenters. The van der Waals surface area contributed by atoms with Crippen molar-refractivity contribution < 1.29 is 9.53 Å². The van der Waals surface area contributed by atoms with Gasteiger partial charge in [0, 0.05) is 44.2 Å². The lowest BCUT2D eigenvalue weighted by atomic mass is 10.1. The van der Waals surface area contributed by atoms with Crippen LogP contribution in [0.25, 0.3) is 0 Å². The van der Waals surface area contributed by atoms with E-state index in [9.17, 15) is 4.79 Å². The van der Waals surface area contributed by atoms with Gasteiger partial charge in [-0.25, -0.2) is 0 Å². The number of anilines is 2. The van der Waals surface area contributed by atoms with Crippen LogP contribution < -0.4 is 10.6 Å². The minimum absolute atomic E-state index is 0.00362. The number of nitrogen functional groups attached to an aromatic ring is 1. The number of nitrogens with two attached hydrogens (primary N) is 1. The van der Waals surface area contributed by atoms with Gasteiger partial charge in [0.2, 0.25) is 0 Å². The van der Waals surface area contributed by atoms with E-state index in [0.29, 0.717) is 11.3 Å². The Labute approximate surface area is 102 Å². The first kappa shape index (κ1) is 13.5. The number of rotatable bonds is 6. The molecule has 94 valence electrons. The lowest BCUT2D eigenvalue weighted by molar-refractivity contribution is 0.101. The van der Waals surface area contributed by atoms with E-state index < -0.39 is 0 Å². The molecule has 0 spiro atoms. The molecule has 1 aromatic carbocycles. The van der Waals surface area contributed by atoms with E-state index >= 15 is 0 Å². The highest BCUT2D eigenvalue weighted by molar-refractivity contribution is 5.99. The van der Waals surface area contributed by atoms with Gasteiger partial charge in [0.25, 0.3) is 0 Å². The molecular weight excluding hydrogens is 216 g/mol. The lowest BCUT2D eigenvalue weighted by Gasteiger charge is -2.20. The summed E-state index contributed by atoms with van der Waals surface area (Å²) in [5.41, 5.74) is 7.98. The van der Waals surface area contributed by atoms with E-state index in [1.807, 2.05) is 19.2 Å². The molecule has 0 amide bonds. The van der Waals surface area contributed by atoms with Crippen molar-refractivity contribution in [3.05, 3.63) is 23.8 Å². The highest BCUT2D eigenvalue weighted by Gasteiger charge is 2.07. The van der Waals surface area contributed by atoms with E-state index in [-0.39, 0.29) is 5.78 Å². The maximum Gasteiger partial charge on any atom is 0.161 e. The van der Waals surface area contributed by atoms with E-state index in [1.54, 1.807) is 13.2 Å². The zero-order valence-corrected chi connectivity index (χ0v) is 10.7. The number of benzene rings is 1. The molecule has 0 heterocycles. The number of carbonyl (C=O) groups is 1. The quantitative estimate of drug-likeness (QED) is 0.466. The van der Waals surface area contributed by atoms with Crippen LogP contribution in [0.1, 0.15) is 23.7 Å². The van der Waals surface area contributed by atoms with Crippen LogP contribution in [0.3, 0.4) is 0 Å². The molecule has 0 atom stereocenters. The first-order chi connectivity index (χ1) is 8.06. The van der Waals surface area contributed by atoms with Gasteiger partial charge in [0.05, 0.1) is 0 Å². The van der Waals surface area contributed by atoms with Crippen molar-refractivity contribution in [1.82, 2.24) is 0 Å². The van der Waals surface area contributed by atoms with E-state index in [4.69, 9.17) is 10.5 Å². The monoisotopic (exact) mass is 236 g/mol. The predicted molar refractivity (Wildman–Crippen MR) is 70.6 cm³/mol. The van der Waals surface area contributed by atoms with Gasteiger partial charge in [-0.05, 0) is 31.5 Å².